The van der Waals surface area contributed by atoms with Gasteiger partial charge in [0.15, 0.2) is 0 Å². The van der Waals surface area contributed by atoms with Crippen molar-refractivity contribution in [1.29, 1.82) is 0 Å². The van der Waals surface area contributed by atoms with Gasteiger partial charge in [0.1, 0.15) is 11.6 Å². The monoisotopic (exact) mass is 284 g/mol. The number of anilines is 1. The molecular formula is C13H8F4N2O. The second-order valence-electron chi connectivity index (χ2n) is 3.83. The second kappa shape index (κ2) is 5.28. The van der Waals surface area contributed by atoms with E-state index in [1.807, 2.05) is 0 Å². The molecule has 0 saturated heterocycles. The van der Waals surface area contributed by atoms with Crippen LogP contribution in [0.3, 0.4) is 0 Å². The minimum atomic E-state index is -4.86. The van der Waals surface area contributed by atoms with Crippen molar-refractivity contribution >= 4 is 11.7 Å². The summed E-state index contributed by atoms with van der Waals surface area (Å²) >= 11 is 0. The van der Waals surface area contributed by atoms with Crippen LogP contribution >= 0.6 is 0 Å². The first-order valence-electron chi connectivity index (χ1n) is 5.47. The van der Waals surface area contributed by atoms with Crippen molar-refractivity contribution in [1.82, 2.24) is 4.98 Å². The standard InChI is InChI=1S/C13H8F4N2O/c14-11-8(4-3-5-9(11)13(15,16)17)12(20)19-10-6-1-2-7-18-10/h1-7H,(H,18,19,20). The maximum Gasteiger partial charge on any atom is 0.419 e. The second-order valence-corrected chi connectivity index (χ2v) is 3.83. The van der Waals surface area contributed by atoms with Crippen molar-refractivity contribution in [3.8, 4) is 0 Å². The Bertz CT molecular complexity index is 626. The number of pyridine rings is 1. The Balaban J connectivity index is 2.32. The van der Waals surface area contributed by atoms with Crippen LogP contribution in [-0.4, -0.2) is 10.9 Å². The fourth-order valence-corrected chi connectivity index (χ4v) is 1.55. The maximum atomic E-state index is 13.7. The molecule has 1 N–H and O–H groups in total. The number of carbonyl (C=O) groups is 1. The largest absolute Gasteiger partial charge is 0.419 e. The highest BCUT2D eigenvalue weighted by atomic mass is 19.4. The van der Waals surface area contributed by atoms with Crippen LogP contribution in [0.4, 0.5) is 23.4 Å². The molecule has 0 aliphatic heterocycles. The maximum absolute atomic E-state index is 13.7. The fourth-order valence-electron chi connectivity index (χ4n) is 1.55. The lowest BCUT2D eigenvalue weighted by Gasteiger charge is -2.11. The van der Waals surface area contributed by atoms with E-state index in [0.29, 0.717) is 6.07 Å². The van der Waals surface area contributed by atoms with Gasteiger partial charge in [-0.2, -0.15) is 13.2 Å². The molecule has 1 heterocycles. The van der Waals surface area contributed by atoms with E-state index in [1.54, 1.807) is 12.1 Å². The van der Waals surface area contributed by atoms with E-state index in [1.165, 1.54) is 12.3 Å². The highest BCUT2D eigenvalue weighted by Gasteiger charge is 2.35. The van der Waals surface area contributed by atoms with E-state index in [-0.39, 0.29) is 5.82 Å². The molecule has 1 amide bonds. The fraction of sp³-hybridized carbons (Fsp3) is 0.0769. The number of aromatic nitrogens is 1. The van der Waals surface area contributed by atoms with Gasteiger partial charge in [-0.1, -0.05) is 12.1 Å². The summed E-state index contributed by atoms with van der Waals surface area (Å²) < 4.78 is 51.3. The molecule has 1 aromatic heterocycles. The summed E-state index contributed by atoms with van der Waals surface area (Å²) in [6.07, 6.45) is -3.47. The lowest BCUT2D eigenvalue weighted by Crippen LogP contribution is -2.18. The zero-order valence-corrected chi connectivity index (χ0v) is 9.91. The van der Waals surface area contributed by atoms with E-state index in [2.05, 4.69) is 10.3 Å². The Morgan fingerprint density at radius 3 is 2.45 bits per heavy atom. The molecule has 0 aliphatic rings. The molecule has 20 heavy (non-hydrogen) atoms. The van der Waals surface area contributed by atoms with Gasteiger partial charge in [-0.3, -0.25) is 4.79 Å². The Hall–Kier alpha value is -2.44. The van der Waals surface area contributed by atoms with E-state index >= 15 is 0 Å². The van der Waals surface area contributed by atoms with Gasteiger partial charge in [-0.25, -0.2) is 9.37 Å². The third kappa shape index (κ3) is 2.93. The summed E-state index contributed by atoms with van der Waals surface area (Å²) in [5, 5.41) is 2.22. The van der Waals surface area contributed by atoms with Crippen molar-refractivity contribution in [2.75, 3.05) is 5.32 Å². The first kappa shape index (κ1) is 14.0. The molecule has 3 nitrogen and oxygen atoms in total. The molecule has 2 rings (SSSR count). The number of nitrogens with one attached hydrogen (secondary N) is 1. The van der Waals surface area contributed by atoms with Gasteiger partial charge in [0.05, 0.1) is 11.1 Å². The molecule has 7 heteroatoms. The Labute approximate surface area is 111 Å². The number of alkyl halides is 3. The van der Waals surface area contributed by atoms with Crippen LogP contribution in [0.25, 0.3) is 0 Å². The normalized spacial score (nSPS) is 11.2. The number of benzene rings is 1. The van der Waals surface area contributed by atoms with Gasteiger partial charge in [0.25, 0.3) is 5.91 Å². The van der Waals surface area contributed by atoms with Gasteiger partial charge in [0.2, 0.25) is 0 Å². The van der Waals surface area contributed by atoms with Crippen LogP contribution in [0.2, 0.25) is 0 Å². The molecule has 0 radical (unpaired) electrons. The molecule has 1 aromatic carbocycles. The predicted octanol–water partition coefficient (Wildman–Crippen LogP) is 3.49. The summed E-state index contributed by atoms with van der Waals surface area (Å²) in [5.41, 5.74) is -2.17. The predicted molar refractivity (Wildman–Crippen MR) is 63.6 cm³/mol. The third-order valence-corrected chi connectivity index (χ3v) is 2.46. The first-order valence-corrected chi connectivity index (χ1v) is 5.47. The van der Waals surface area contributed by atoms with Crippen molar-refractivity contribution in [2.24, 2.45) is 0 Å². The first-order chi connectivity index (χ1) is 9.39. The summed E-state index contributed by atoms with van der Waals surface area (Å²) in [6.45, 7) is 0. The average molecular weight is 284 g/mol. The lowest BCUT2D eigenvalue weighted by atomic mass is 10.1. The summed E-state index contributed by atoms with van der Waals surface area (Å²) in [6, 6.07) is 7.13. The van der Waals surface area contributed by atoms with E-state index in [4.69, 9.17) is 0 Å². The molecule has 0 fully saturated rings. The van der Waals surface area contributed by atoms with E-state index in [9.17, 15) is 22.4 Å². The number of nitrogens with zero attached hydrogens (tertiary/aromatic N) is 1. The van der Waals surface area contributed by atoms with E-state index < -0.39 is 29.0 Å². The zero-order chi connectivity index (χ0) is 14.8. The summed E-state index contributed by atoms with van der Waals surface area (Å²) in [4.78, 5) is 15.5. The molecule has 0 spiro atoms. The van der Waals surface area contributed by atoms with Crippen molar-refractivity contribution < 1.29 is 22.4 Å². The summed E-state index contributed by atoms with van der Waals surface area (Å²) in [5.74, 6) is -2.48. The minimum Gasteiger partial charge on any atom is -0.306 e. The smallest absolute Gasteiger partial charge is 0.306 e. The number of rotatable bonds is 2. The van der Waals surface area contributed by atoms with Crippen molar-refractivity contribution in [3.63, 3.8) is 0 Å². The van der Waals surface area contributed by atoms with Crippen molar-refractivity contribution in [2.45, 2.75) is 6.18 Å². The Morgan fingerprint density at radius 1 is 1.10 bits per heavy atom. The SMILES string of the molecule is O=C(Nc1ccccn1)c1cccc(C(F)(F)F)c1F. The molecular weight excluding hydrogens is 276 g/mol. The Morgan fingerprint density at radius 2 is 1.85 bits per heavy atom. The Kier molecular flexibility index (Phi) is 3.69. The van der Waals surface area contributed by atoms with E-state index in [0.717, 1.165) is 12.1 Å². The number of hydrogen-bond acceptors (Lipinski definition) is 2. The molecule has 2 aromatic rings. The molecule has 104 valence electrons. The highest BCUT2D eigenvalue weighted by molar-refractivity contribution is 6.04. The minimum absolute atomic E-state index is 0.120. The molecule has 0 saturated carbocycles. The van der Waals surface area contributed by atoms with Crippen molar-refractivity contribution in [3.05, 3.63) is 59.5 Å². The molecule has 0 atom stereocenters. The van der Waals surface area contributed by atoms with Crippen LogP contribution < -0.4 is 5.32 Å². The van der Waals surface area contributed by atoms with Gasteiger partial charge in [-0.15, -0.1) is 0 Å². The zero-order valence-electron chi connectivity index (χ0n) is 9.91. The highest BCUT2D eigenvalue weighted by Crippen LogP contribution is 2.32. The molecule has 0 bridgehead atoms. The van der Waals surface area contributed by atoms with Crippen LogP contribution in [0.15, 0.2) is 42.6 Å². The number of hydrogen-bond donors (Lipinski definition) is 1. The van der Waals surface area contributed by atoms with Crippen LogP contribution in [0.5, 0.6) is 0 Å². The van der Waals surface area contributed by atoms with Gasteiger partial charge in [0, 0.05) is 6.20 Å². The van der Waals surface area contributed by atoms with Gasteiger partial charge in [-0.05, 0) is 24.3 Å². The topological polar surface area (TPSA) is 42.0 Å². The van der Waals surface area contributed by atoms with Gasteiger partial charge >= 0.3 is 6.18 Å². The lowest BCUT2D eigenvalue weighted by molar-refractivity contribution is -0.140. The summed E-state index contributed by atoms with van der Waals surface area (Å²) in [7, 11) is 0. The molecule has 0 unspecified atom stereocenters. The van der Waals surface area contributed by atoms with Crippen LogP contribution in [0, 0.1) is 5.82 Å². The number of halogens is 4. The average Bonchev–Trinajstić information content (AvgIpc) is 2.38. The van der Waals surface area contributed by atoms with Crippen LogP contribution in [-0.2, 0) is 6.18 Å². The number of carbonyl (C=O) groups excluding carboxylic acids is 1. The van der Waals surface area contributed by atoms with Crippen LogP contribution in [0.1, 0.15) is 15.9 Å². The number of amides is 1. The van der Waals surface area contributed by atoms with Gasteiger partial charge < -0.3 is 5.32 Å². The third-order valence-electron chi connectivity index (χ3n) is 2.46. The molecule has 0 aliphatic carbocycles. The quantitative estimate of drug-likeness (QED) is 0.858.